The summed E-state index contributed by atoms with van der Waals surface area (Å²) in [5, 5.41) is 2.95. The molecule has 2 nitrogen and oxygen atoms in total. The van der Waals surface area contributed by atoms with Gasteiger partial charge in [-0.05, 0) is 20.3 Å². The average Bonchev–Trinajstić information content (AvgIpc) is 1.85. The van der Waals surface area contributed by atoms with E-state index in [0.717, 1.165) is 6.42 Å². The number of nitrogens with one attached hydrogen (secondary N) is 1. The fourth-order valence-electron chi connectivity index (χ4n) is 0.890. The molecule has 0 aromatic carbocycles. The molecule has 0 unspecified atom stereocenters. The van der Waals surface area contributed by atoms with Crippen LogP contribution in [0.4, 0.5) is 0 Å². The lowest BCUT2D eigenvalue weighted by molar-refractivity contribution is -0.125. The average molecular weight is 169 g/mol. The molecular formula is C10H19NO. The molecule has 1 amide bonds. The van der Waals surface area contributed by atoms with E-state index in [1.807, 2.05) is 33.8 Å². The summed E-state index contributed by atoms with van der Waals surface area (Å²) in [5.74, 6) is 0.149. The minimum atomic E-state index is -0.164. The first kappa shape index (κ1) is 11.2. The number of amides is 1. The van der Waals surface area contributed by atoms with Crippen molar-refractivity contribution in [3.63, 3.8) is 0 Å². The molecule has 70 valence electrons. The summed E-state index contributed by atoms with van der Waals surface area (Å²) in [5.41, 5.74) is -0.164. The molecule has 0 radical (unpaired) electrons. The van der Waals surface area contributed by atoms with Gasteiger partial charge in [-0.2, -0.15) is 0 Å². The van der Waals surface area contributed by atoms with Crippen molar-refractivity contribution in [2.24, 2.45) is 5.92 Å². The molecule has 0 bridgehead atoms. The van der Waals surface area contributed by atoms with Crippen LogP contribution in [-0.2, 0) is 4.79 Å². The lowest BCUT2D eigenvalue weighted by Crippen LogP contribution is -2.44. The number of carbonyl (C=O) groups excluding carboxylic acids is 1. The number of hydrogen-bond acceptors (Lipinski definition) is 1. The van der Waals surface area contributed by atoms with E-state index in [4.69, 9.17) is 0 Å². The standard InChI is InChI=1S/C10H19NO/c1-6-7-10(4,5)11-9(12)8(2)3/h6,8H,1,7H2,2-5H3,(H,11,12). The first-order valence-electron chi connectivity index (χ1n) is 4.32. The summed E-state index contributed by atoms with van der Waals surface area (Å²) in [4.78, 5) is 11.3. The first-order valence-corrected chi connectivity index (χ1v) is 4.32. The van der Waals surface area contributed by atoms with Crippen LogP contribution in [0.3, 0.4) is 0 Å². The van der Waals surface area contributed by atoms with E-state index in [9.17, 15) is 4.79 Å². The topological polar surface area (TPSA) is 29.1 Å². The molecular weight excluding hydrogens is 150 g/mol. The third-order valence-corrected chi connectivity index (χ3v) is 1.64. The van der Waals surface area contributed by atoms with E-state index in [1.54, 1.807) is 0 Å². The Balaban J connectivity index is 4.05. The van der Waals surface area contributed by atoms with Gasteiger partial charge in [-0.3, -0.25) is 4.79 Å². The van der Waals surface area contributed by atoms with Gasteiger partial charge in [-0.25, -0.2) is 0 Å². The van der Waals surface area contributed by atoms with Crippen molar-refractivity contribution >= 4 is 5.91 Å². The van der Waals surface area contributed by atoms with Crippen molar-refractivity contribution in [3.05, 3.63) is 12.7 Å². The van der Waals surface area contributed by atoms with E-state index < -0.39 is 0 Å². The molecule has 12 heavy (non-hydrogen) atoms. The van der Waals surface area contributed by atoms with E-state index >= 15 is 0 Å². The van der Waals surface area contributed by atoms with Crippen LogP contribution in [-0.4, -0.2) is 11.4 Å². The van der Waals surface area contributed by atoms with Gasteiger partial charge in [-0.15, -0.1) is 6.58 Å². The SMILES string of the molecule is C=CCC(C)(C)NC(=O)C(C)C. The van der Waals surface area contributed by atoms with Crippen molar-refractivity contribution in [1.82, 2.24) is 5.32 Å². The zero-order valence-electron chi connectivity index (χ0n) is 8.48. The molecule has 0 atom stereocenters. The van der Waals surface area contributed by atoms with E-state index in [1.165, 1.54) is 0 Å². The van der Waals surface area contributed by atoms with Crippen LogP contribution in [0, 0.1) is 5.92 Å². The molecule has 0 heterocycles. The van der Waals surface area contributed by atoms with E-state index in [0.29, 0.717) is 0 Å². The van der Waals surface area contributed by atoms with Crippen molar-refractivity contribution in [1.29, 1.82) is 0 Å². The van der Waals surface area contributed by atoms with Gasteiger partial charge in [0.05, 0.1) is 0 Å². The van der Waals surface area contributed by atoms with Crippen LogP contribution in [0.2, 0.25) is 0 Å². The summed E-state index contributed by atoms with van der Waals surface area (Å²) in [7, 11) is 0. The third kappa shape index (κ3) is 4.16. The van der Waals surface area contributed by atoms with Gasteiger partial charge in [0, 0.05) is 11.5 Å². The molecule has 0 saturated carbocycles. The molecule has 0 aliphatic rings. The highest BCUT2D eigenvalue weighted by Gasteiger charge is 2.19. The lowest BCUT2D eigenvalue weighted by atomic mass is 10.00. The van der Waals surface area contributed by atoms with Crippen LogP contribution < -0.4 is 5.32 Å². The Labute approximate surface area is 75.0 Å². The number of rotatable bonds is 4. The molecule has 0 aliphatic carbocycles. The Kier molecular flexibility index (Phi) is 4.01. The molecule has 0 spiro atoms. The Morgan fingerprint density at radius 3 is 2.42 bits per heavy atom. The highest BCUT2D eigenvalue weighted by Crippen LogP contribution is 2.09. The molecule has 0 fully saturated rings. The fraction of sp³-hybridized carbons (Fsp3) is 0.700. The normalized spacial score (nSPS) is 11.4. The van der Waals surface area contributed by atoms with Gasteiger partial charge in [0.25, 0.3) is 0 Å². The zero-order valence-corrected chi connectivity index (χ0v) is 8.48. The van der Waals surface area contributed by atoms with Gasteiger partial charge in [-0.1, -0.05) is 19.9 Å². The smallest absolute Gasteiger partial charge is 0.222 e. The Morgan fingerprint density at radius 2 is 2.08 bits per heavy atom. The lowest BCUT2D eigenvalue weighted by Gasteiger charge is -2.25. The summed E-state index contributed by atoms with van der Waals surface area (Å²) in [6.45, 7) is 11.4. The van der Waals surface area contributed by atoms with Crippen molar-refractivity contribution < 1.29 is 4.79 Å². The van der Waals surface area contributed by atoms with Gasteiger partial charge < -0.3 is 5.32 Å². The fourth-order valence-corrected chi connectivity index (χ4v) is 0.890. The molecule has 0 aliphatic heterocycles. The van der Waals surface area contributed by atoms with Gasteiger partial charge in [0.1, 0.15) is 0 Å². The van der Waals surface area contributed by atoms with Crippen LogP contribution in [0.25, 0.3) is 0 Å². The highest BCUT2D eigenvalue weighted by atomic mass is 16.2. The predicted molar refractivity (Wildman–Crippen MR) is 51.9 cm³/mol. The Hall–Kier alpha value is -0.790. The third-order valence-electron chi connectivity index (χ3n) is 1.64. The minimum absolute atomic E-state index is 0.0501. The van der Waals surface area contributed by atoms with Crippen LogP contribution in [0.5, 0.6) is 0 Å². The summed E-state index contributed by atoms with van der Waals surface area (Å²) in [6.07, 6.45) is 2.62. The predicted octanol–water partition coefficient (Wildman–Crippen LogP) is 2.11. The van der Waals surface area contributed by atoms with Crippen molar-refractivity contribution in [2.45, 2.75) is 39.7 Å². The molecule has 0 aromatic heterocycles. The maximum atomic E-state index is 11.3. The van der Waals surface area contributed by atoms with E-state index in [2.05, 4.69) is 11.9 Å². The van der Waals surface area contributed by atoms with Crippen LogP contribution >= 0.6 is 0 Å². The van der Waals surface area contributed by atoms with Crippen LogP contribution in [0.15, 0.2) is 12.7 Å². The molecule has 1 N–H and O–H groups in total. The molecule has 0 rings (SSSR count). The second kappa shape index (κ2) is 4.29. The first-order chi connectivity index (χ1) is 5.39. The summed E-state index contributed by atoms with van der Waals surface area (Å²) < 4.78 is 0. The summed E-state index contributed by atoms with van der Waals surface area (Å²) in [6, 6.07) is 0. The van der Waals surface area contributed by atoms with Gasteiger partial charge in [0.15, 0.2) is 0 Å². The zero-order chi connectivity index (χ0) is 9.78. The maximum absolute atomic E-state index is 11.3. The largest absolute Gasteiger partial charge is 0.351 e. The van der Waals surface area contributed by atoms with Crippen molar-refractivity contribution in [2.75, 3.05) is 0 Å². The minimum Gasteiger partial charge on any atom is -0.351 e. The second-order valence-electron chi connectivity index (χ2n) is 4.02. The maximum Gasteiger partial charge on any atom is 0.222 e. The van der Waals surface area contributed by atoms with Gasteiger partial charge >= 0.3 is 0 Å². The van der Waals surface area contributed by atoms with Crippen molar-refractivity contribution in [3.8, 4) is 0 Å². The highest BCUT2D eigenvalue weighted by molar-refractivity contribution is 5.78. The summed E-state index contributed by atoms with van der Waals surface area (Å²) >= 11 is 0. The second-order valence-corrected chi connectivity index (χ2v) is 4.02. The molecule has 2 heteroatoms. The Bertz CT molecular complexity index is 171. The monoisotopic (exact) mass is 169 g/mol. The number of hydrogen-bond donors (Lipinski definition) is 1. The van der Waals surface area contributed by atoms with E-state index in [-0.39, 0.29) is 17.4 Å². The molecule has 0 saturated heterocycles. The molecule has 0 aromatic rings. The van der Waals surface area contributed by atoms with Gasteiger partial charge in [0.2, 0.25) is 5.91 Å². The number of carbonyl (C=O) groups is 1. The Morgan fingerprint density at radius 1 is 1.58 bits per heavy atom. The van der Waals surface area contributed by atoms with Crippen LogP contribution in [0.1, 0.15) is 34.1 Å². The quantitative estimate of drug-likeness (QED) is 0.642.